The van der Waals surface area contributed by atoms with Gasteiger partial charge in [-0.2, -0.15) is 0 Å². The molecular weight excluding hydrogens is 220 g/mol. The van der Waals surface area contributed by atoms with Crippen LogP contribution in [0.5, 0.6) is 0 Å². The molecule has 3 fully saturated rings. The van der Waals surface area contributed by atoms with E-state index in [9.17, 15) is 0 Å². The maximum absolute atomic E-state index is 3.99. The summed E-state index contributed by atoms with van der Waals surface area (Å²) in [6.07, 6.45) is 12.9. The van der Waals surface area contributed by atoms with Gasteiger partial charge in [0, 0.05) is 18.1 Å². The van der Waals surface area contributed by atoms with Crippen LogP contribution < -0.4 is 5.32 Å². The van der Waals surface area contributed by atoms with E-state index in [1.54, 1.807) is 0 Å². The lowest BCUT2D eigenvalue weighted by atomic mass is 9.84. The summed E-state index contributed by atoms with van der Waals surface area (Å²) < 4.78 is 0. The van der Waals surface area contributed by atoms with Crippen LogP contribution in [0.4, 0.5) is 0 Å². The third-order valence-electron chi connectivity index (χ3n) is 5.72. The standard InChI is InChI=1S/C16H30N2/c1-2-13-5-7-14(8-6-13)17-15-9-11-18-10-3-4-16(18)12-15/h13-17H,2-12H2,1H3. The molecule has 1 N–H and O–H groups in total. The topological polar surface area (TPSA) is 15.3 Å². The van der Waals surface area contributed by atoms with E-state index in [-0.39, 0.29) is 0 Å². The molecule has 2 aliphatic heterocycles. The zero-order valence-corrected chi connectivity index (χ0v) is 12.0. The fourth-order valence-electron chi connectivity index (χ4n) is 4.45. The summed E-state index contributed by atoms with van der Waals surface area (Å²) in [6.45, 7) is 5.08. The van der Waals surface area contributed by atoms with Gasteiger partial charge in [0.25, 0.3) is 0 Å². The highest BCUT2D eigenvalue weighted by Gasteiger charge is 2.32. The van der Waals surface area contributed by atoms with E-state index in [0.29, 0.717) is 0 Å². The van der Waals surface area contributed by atoms with Crippen LogP contribution in [-0.4, -0.2) is 36.1 Å². The minimum Gasteiger partial charge on any atom is -0.311 e. The fourth-order valence-corrected chi connectivity index (χ4v) is 4.45. The summed E-state index contributed by atoms with van der Waals surface area (Å²) in [5.74, 6) is 1.03. The Morgan fingerprint density at radius 3 is 2.56 bits per heavy atom. The summed E-state index contributed by atoms with van der Waals surface area (Å²) in [6, 6.07) is 2.58. The maximum atomic E-state index is 3.99. The van der Waals surface area contributed by atoms with E-state index in [1.165, 1.54) is 70.9 Å². The van der Waals surface area contributed by atoms with Crippen LogP contribution >= 0.6 is 0 Å². The SMILES string of the molecule is CCC1CCC(NC2CCN3CCCC3C2)CC1. The molecule has 0 aromatic carbocycles. The highest BCUT2D eigenvalue weighted by molar-refractivity contribution is 4.91. The number of nitrogens with zero attached hydrogens (tertiary/aromatic N) is 1. The summed E-state index contributed by atoms with van der Waals surface area (Å²) in [4.78, 5) is 2.73. The van der Waals surface area contributed by atoms with E-state index in [0.717, 1.165) is 24.0 Å². The minimum absolute atomic E-state index is 0.826. The Bertz CT molecular complexity index is 258. The molecule has 1 aliphatic carbocycles. The van der Waals surface area contributed by atoms with Crippen molar-refractivity contribution in [3.63, 3.8) is 0 Å². The van der Waals surface area contributed by atoms with Gasteiger partial charge >= 0.3 is 0 Å². The van der Waals surface area contributed by atoms with Crippen molar-refractivity contribution in [2.75, 3.05) is 13.1 Å². The zero-order valence-electron chi connectivity index (χ0n) is 12.0. The first-order chi connectivity index (χ1) is 8.85. The molecule has 2 heteroatoms. The third kappa shape index (κ3) is 2.91. The Labute approximate surface area is 113 Å². The van der Waals surface area contributed by atoms with Crippen molar-refractivity contribution in [2.24, 2.45) is 5.92 Å². The monoisotopic (exact) mass is 250 g/mol. The number of hydrogen-bond acceptors (Lipinski definition) is 2. The normalized spacial score (nSPS) is 41.8. The lowest BCUT2D eigenvalue weighted by Gasteiger charge is -2.38. The molecule has 0 aromatic rings. The summed E-state index contributed by atoms with van der Waals surface area (Å²) in [7, 11) is 0. The van der Waals surface area contributed by atoms with E-state index in [2.05, 4.69) is 17.1 Å². The van der Waals surface area contributed by atoms with Gasteiger partial charge in [-0.3, -0.25) is 0 Å². The van der Waals surface area contributed by atoms with Crippen molar-refractivity contribution >= 4 is 0 Å². The molecule has 0 amide bonds. The van der Waals surface area contributed by atoms with Crippen LogP contribution in [0.1, 0.15) is 64.7 Å². The summed E-state index contributed by atoms with van der Waals surface area (Å²) >= 11 is 0. The summed E-state index contributed by atoms with van der Waals surface area (Å²) in [5, 5.41) is 3.99. The molecule has 2 unspecified atom stereocenters. The van der Waals surface area contributed by atoms with Gasteiger partial charge < -0.3 is 10.2 Å². The fraction of sp³-hybridized carbons (Fsp3) is 1.00. The number of hydrogen-bond donors (Lipinski definition) is 1. The Morgan fingerprint density at radius 1 is 0.944 bits per heavy atom. The number of fused-ring (bicyclic) bond motifs is 1. The van der Waals surface area contributed by atoms with Crippen LogP contribution in [0.2, 0.25) is 0 Å². The first kappa shape index (κ1) is 12.9. The van der Waals surface area contributed by atoms with Crippen LogP contribution in [0, 0.1) is 5.92 Å². The van der Waals surface area contributed by atoms with Gasteiger partial charge in [-0.25, -0.2) is 0 Å². The van der Waals surface area contributed by atoms with Crippen LogP contribution in [0.3, 0.4) is 0 Å². The Balaban J connectivity index is 1.43. The van der Waals surface area contributed by atoms with E-state index >= 15 is 0 Å². The van der Waals surface area contributed by atoms with Crippen molar-refractivity contribution in [1.82, 2.24) is 10.2 Å². The number of piperidine rings is 1. The third-order valence-corrected chi connectivity index (χ3v) is 5.72. The molecule has 2 nitrogen and oxygen atoms in total. The molecule has 0 aromatic heterocycles. The number of rotatable bonds is 3. The first-order valence-electron chi connectivity index (χ1n) is 8.35. The smallest absolute Gasteiger partial charge is 0.0111 e. The predicted octanol–water partition coefficient (Wildman–Crippen LogP) is 3.17. The second-order valence-corrected chi connectivity index (χ2v) is 6.85. The quantitative estimate of drug-likeness (QED) is 0.827. The van der Waals surface area contributed by atoms with Crippen molar-refractivity contribution in [2.45, 2.75) is 82.8 Å². The Kier molecular flexibility index (Phi) is 4.25. The second kappa shape index (κ2) is 5.92. The zero-order chi connectivity index (χ0) is 12.4. The van der Waals surface area contributed by atoms with Crippen molar-refractivity contribution in [3.05, 3.63) is 0 Å². The highest BCUT2D eigenvalue weighted by Crippen LogP contribution is 2.30. The molecular formula is C16H30N2. The molecule has 0 bridgehead atoms. The van der Waals surface area contributed by atoms with Crippen LogP contribution in [0.15, 0.2) is 0 Å². The van der Waals surface area contributed by atoms with Crippen molar-refractivity contribution < 1.29 is 0 Å². The molecule has 0 spiro atoms. The molecule has 3 aliphatic rings. The van der Waals surface area contributed by atoms with Gasteiger partial charge in [-0.15, -0.1) is 0 Å². The highest BCUT2D eigenvalue weighted by atomic mass is 15.2. The van der Waals surface area contributed by atoms with Gasteiger partial charge in [-0.1, -0.05) is 13.3 Å². The largest absolute Gasteiger partial charge is 0.311 e. The Morgan fingerprint density at radius 2 is 1.78 bits per heavy atom. The molecule has 104 valence electrons. The van der Waals surface area contributed by atoms with Crippen molar-refractivity contribution in [3.8, 4) is 0 Å². The lowest BCUT2D eigenvalue weighted by molar-refractivity contribution is 0.151. The van der Waals surface area contributed by atoms with Crippen LogP contribution in [0.25, 0.3) is 0 Å². The molecule has 2 saturated heterocycles. The Hall–Kier alpha value is -0.0800. The minimum atomic E-state index is 0.826. The molecule has 18 heavy (non-hydrogen) atoms. The van der Waals surface area contributed by atoms with Gasteiger partial charge in [0.05, 0.1) is 0 Å². The number of nitrogens with one attached hydrogen (secondary N) is 1. The van der Waals surface area contributed by atoms with E-state index in [4.69, 9.17) is 0 Å². The molecule has 2 atom stereocenters. The van der Waals surface area contributed by atoms with Crippen LogP contribution in [-0.2, 0) is 0 Å². The second-order valence-electron chi connectivity index (χ2n) is 6.85. The van der Waals surface area contributed by atoms with E-state index < -0.39 is 0 Å². The molecule has 1 saturated carbocycles. The van der Waals surface area contributed by atoms with E-state index in [1.807, 2.05) is 0 Å². The van der Waals surface area contributed by atoms with Gasteiger partial charge in [-0.05, 0) is 70.4 Å². The van der Waals surface area contributed by atoms with Gasteiger partial charge in [0.2, 0.25) is 0 Å². The predicted molar refractivity (Wildman–Crippen MR) is 76.8 cm³/mol. The lowest BCUT2D eigenvalue weighted by Crippen LogP contribution is -2.49. The first-order valence-corrected chi connectivity index (χ1v) is 8.35. The van der Waals surface area contributed by atoms with Gasteiger partial charge in [0.15, 0.2) is 0 Å². The molecule has 0 radical (unpaired) electrons. The maximum Gasteiger partial charge on any atom is 0.0111 e. The average Bonchev–Trinajstić information content (AvgIpc) is 2.87. The molecule has 3 rings (SSSR count). The molecule has 2 heterocycles. The van der Waals surface area contributed by atoms with Crippen molar-refractivity contribution in [1.29, 1.82) is 0 Å². The average molecular weight is 250 g/mol. The summed E-state index contributed by atoms with van der Waals surface area (Å²) in [5.41, 5.74) is 0. The van der Waals surface area contributed by atoms with Gasteiger partial charge in [0.1, 0.15) is 0 Å².